The number of aromatic carboxylic acids is 1. The Morgan fingerprint density at radius 2 is 2.17 bits per heavy atom. The SMILES string of the molecule is CN(Cc1cccs1)c1c(F)cccc1C(=O)O. The normalized spacial score (nSPS) is 10.3. The molecular formula is C13H12FNO2S. The number of benzene rings is 1. The molecule has 0 aliphatic heterocycles. The minimum absolute atomic E-state index is 0.0194. The second-order valence-electron chi connectivity index (χ2n) is 3.88. The molecule has 1 aromatic heterocycles. The molecule has 0 atom stereocenters. The van der Waals surface area contributed by atoms with Crippen molar-refractivity contribution >= 4 is 23.0 Å². The van der Waals surface area contributed by atoms with Crippen LogP contribution >= 0.6 is 11.3 Å². The molecule has 94 valence electrons. The maximum Gasteiger partial charge on any atom is 0.337 e. The number of hydrogen-bond acceptors (Lipinski definition) is 3. The average Bonchev–Trinajstić information content (AvgIpc) is 2.81. The van der Waals surface area contributed by atoms with Gasteiger partial charge in [-0.3, -0.25) is 0 Å². The van der Waals surface area contributed by atoms with Gasteiger partial charge in [-0.1, -0.05) is 12.1 Å². The molecule has 3 nitrogen and oxygen atoms in total. The minimum atomic E-state index is -1.12. The van der Waals surface area contributed by atoms with E-state index in [1.807, 2.05) is 17.5 Å². The Kier molecular flexibility index (Phi) is 3.62. The van der Waals surface area contributed by atoms with Crippen molar-refractivity contribution in [3.8, 4) is 0 Å². The zero-order valence-electron chi connectivity index (χ0n) is 9.76. The van der Waals surface area contributed by atoms with Crippen molar-refractivity contribution in [3.05, 3.63) is 52.0 Å². The van der Waals surface area contributed by atoms with E-state index in [-0.39, 0.29) is 11.3 Å². The number of para-hydroxylation sites is 1. The van der Waals surface area contributed by atoms with Crippen molar-refractivity contribution in [1.82, 2.24) is 0 Å². The highest BCUT2D eigenvalue weighted by Crippen LogP contribution is 2.25. The summed E-state index contributed by atoms with van der Waals surface area (Å²) in [6, 6.07) is 7.93. The van der Waals surface area contributed by atoms with E-state index in [9.17, 15) is 9.18 Å². The van der Waals surface area contributed by atoms with E-state index in [1.165, 1.54) is 18.2 Å². The summed E-state index contributed by atoms with van der Waals surface area (Å²) in [6.45, 7) is 0.485. The molecular weight excluding hydrogens is 253 g/mol. The molecule has 0 spiro atoms. The predicted molar refractivity (Wildman–Crippen MR) is 69.8 cm³/mol. The van der Waals surface area contributed by atoms with Crippen LogP contribution in [0.3, 0.4) is 0 Å². The van der Waals surface area contributed by atoms with Crippen molar-refractivity contribution in [3.63, 3.8) is 0 Å². The summed E-state index contributed by atoms with van der Waals surface area (Å²) >= 11 is 1.55. The fraction of sp³-hybridized carbons (Fsp3) is 0.154. The second kappa shape index (κ2) is 5.18. The van der Waals surface area contributed by atoms with Crippen LogP contribution in [-0.2, 0) is 6.54 Å². The van der Waals surface area contributed by atoms with Gasteiger partial charge in [0.25, 0.3) is 0 Å². The van der Waals surface area contributed by atoms with E-state index in [0.29, 0.717) is 6.54 Å². The van der Waals surface area contributed by atoms with Crippen molar-refractivity contribution in [2.75, 3.05) is 11.9 Å². The van der Waals surface area contributed by atoms with Crippen LogP contribution < -0.4 is 4.90 Å². The van der Waals surface area contributed by atoms with Crippen LogP contribution in [0.4, 0.5) is 10.1 Å². The Balaban J connectivity index is 2.34. The van der Waals surface area contributed by atoms with E-state index < -0.39 is 11.8 Å². The lowest BCUT2D eigenvalue weighted by Gasteiger charge is -2.21. The van der Waals surface area contributed by atoms with Gasteiger partial charge in [0.15, 0.2) is 0 Å². The lowest BCUT2D eigenvalue weighted by Crippen LogP contribution is -2.20. The highest BCUT2D eigenvalue weighted by atomic mass is 32.1. The summed E-state index contributed by atoms with van der Waals surface area (Å²) in [5.41, 5.74) is 0.104. The Hall–Kier alpha value is -1.88. The summed E-state index contributed by atoms with van der Waals surface area (Å²) in [5.74, 6) is -1.64. The number of halogens is 1. The molecule has 0 unspecified atom stereocenters. The monoisotopic (exact) mass is 265 g/mol. The first-order chi connectivity index (χ1) is 8.59. The molecule has 1 aromatic carbocycles. The number of rotatable bonds is 4. The Morgan fingerprint density at radius 1 is 1.39 bits per heavy atom. The Bertz CT molecular complexity index is 554. The minimum Gasteiger partial charge on any atom is -0.478 e. The number of thiophene rings is 1. The first-order valence-electron chi connectivity index (χ1n) is 5.35. The van der Waals surface area contributed by atoms with Crippen LogP contribution in [-0.4, -0.2) is 18.1 Å². The number of anilines is 1. The Morgan fingerprint density at radius 3 is 2.78 bits per heavy atom. The number of carbonyl (C=O) groups is 1. The first-order valence-corrected chi connectivity index (χ1v) is 6.23. The molecule has 0 radical (unpaired) electrons. The third kappa shape index (κ3) is 2.51. The third-order valence-corrected chi connectivity index (χ3v) is 3.43. The van der Waals surface area contributed by atoms with Crippen LogP contribution in [0.2, 0.25) is 0 Å². The zero-order chi connectivity index (χ0) is 13.1. The molecule has 18 heavy (non-hydrogen) atoms. The second-order valence-corrected chi connectivity index (χ2v) is 4.91. The van der Waals surface area contributed by atoms with Gasteiger partial charge in [-0.05, 0) is 23.6 Å². The van der Waals surface area contributed by atoms with E-state index >= 15 is 0 Å². The molecule has 0 aliphatic rings. The fourth-order valence-electron chi connectivity index (χ4n) is 1.79. The molecule has 0 amide bonds. The van der Waals surface area contributed by atoms with Crippen molar-refractivity contribution < 1.29 is 14.3 Å². The molecule has 1 heterocycles. The molecule has 0 aliphatic carbocycles. The topological polar surface area (TPSA) is 40.5 Å². The van der Waals surface area contributed by atoms with Crippen molar-refractivity contribution in [2.45, 2.75) is 6.54 Å². The van der Waals surface area contributed by atoms with E-state index in [4.69, 9.17) is 5.11 Å². The summed E-state index contributed by atoms with van der Waals surface area (Å²) in [5, 5.41) is 11.0. The Labute approximate surface area is 108 Å². The number of nitrogens with zero attached hydrogens (tertiary/aromatic N) is 1. The number of hydrogen-bond donors (Lipinski definition) is 1. The molecule has 0 fully saturated rings. The van der Waals surface area contributed by atoms with Crippen molar-refractivity contribution in [1.29, 1.82) is 0 Å². The molecule has 5 heteroatoms. The summed E-state index contributed by atoms with van der Waals surface area (Å²) in [7, 11) is 1.69. The van der Waals surface area contributed by atoms with Gasteiger partial charge in [0.05, 0.1) is 17.8 Å². The molecule has 2 aromatic rings. The smallest absolute Gasteiger partial charge is 0.337 e. The molecule has 1 N–H and O–H groups in total. The molecule has 0 saturated heterocycles. The van der Waals surface area contributed by atoms with Gasteiger partial charge in [-0.25, -0.2) is 9.18 Å². The summed E-state index contributed by atoms with van der Waals surface area (Å²) in [6.07, 6.45) is 0. The average molecular weight is 265 g/mol. The maximum absolute atomic E-state index is 13.8. The summed E-state index contributed by atoms with van der Waals surface area (Å²) in [4.78, 5) is 13.8. The van der Waals surface area contributed by atoms with Crippen LogP contribution in [0, 0.1) is 5.82 Å². The number of carboxylic acid groups (broad SMARTS) is 1. The molecule has 2 rings (SSSR count). The van der Waals surface area contributed by atoms with Gasteiger partial charge in [0, 0.05) is 11.9 Å². The summed E-state index contributed by atoms with van der Waals surface area (Å²) < 4.78 is 13.8. The quantitative estimate of drug-likeness (QED) is 0.922. The predicted octanol–water partition coefficient (Wildman–Crippen LogP) is 3.22. The molecule has 0 saturated carbocycles. The van der Waals surface area contributed by atoms with Gasteiger partial charge in [0.1, 0.15) is 5.82 Å². The van der Waals surface area contributed by atoms with Crippen LogP contribution in [0.1, 0.15) is 15.2 Å². The zero-order valence-corrected chi connectivity index (χ0v) is 10.6. The lowest BCUT2D eigenvalue weighted by molar-refractivity contribution is 0.0697. The highest BCUT2D eigenvalue weighted by molar-refractivity contribution is 7.09. The highest BCUT2D eigenvalue weighted by Gasteiger charge is 2.18. The van der Waals surface area contributed by atoms with Gasteiger partial charge >= 0.3 is 5.97 Å². The largest absolute Gasteiger partial charge is 0.478 e. The van der Waals surface area contributed by atoms with E-state index in [1.54, 1.807) is 23.3 Å². The van der Waals surface area contributed by atoms with Crippen LogP contribution in [0.5, 0.6) is 0 Å². The lowest BCUT2D eigenvalue weighted by atomic mass is 10.1. The van der Waals surface area contributed by atoms with Gasteiger partial charge in [-0.2, -0.15) is 0 Å². The van der Waals surface area contributed by atoms with Gasteiger partial charge in [0.2, 0.25) is 0 Å². The standard InChI is InChI=1S/C13H12FNO2S/c1-15(8-9-4-3-7-18-9)12-10(13(16)17)5-2-6-11(12)14/h2-7H,8H2,1H3,(H,16,17). The first kappa shape index (κ1) is 12.6. The maximum atomic E-state index is 13.8. The van der Waals surface area contributed by atoms with Crippen LogP contribution in [0.15, 0.2) is 35.7 Å². The molecule has 0 bridgehead atoms. The number of carboxylic acids is 1. The fourth-order valence-corrected chi connectivity index (χ4v) is 2.55. The van der Waals surface area contributed by atoms with Gasteiger partial charge in [-0.15, -0.1) is 11.3 Å². The van der Waals surface area contributed by atoms with E-state index in [2.05, 4.69) is 0 Å². The van der Waals surface area contributed by atoms with Gasteiger partial charge < -0.3 is 10.0 Å². The van der Waals surface area contributed by atoms with Crippen LogP contribution in [0.25, 0.3) is 0 Å². The third-order valence-electron chi connectivity index (χ3n) is 2.57. The van der Waals surface area contributed by atoms with Crippen molar-refractivity contribution in [2.24, 2.45) is 0 Å². The van der Waals surface area contributed by atoms with E-state index in [0.717, 1.165) is 4.88 Å².